The third-order valence-electron chi connectivity index (χ3n) is 5.09. The maximum Gasteiger partial charge on any atom is 0.244 e. The van der Waals surface area contributed by atoms with Gasteiger partial charge in [-0.2, -0.15) is 5.10 Å². The molecule has 0 radical (unpaired) electrons. The van der Waals surface area contributed by atoms with Gasteiger partial charge in [0.05, 0.1) is 10.7 Å². The molecule has 2 fully saturated rings. The highest BCUT2D eigenvalue weighted by molar-refractivity contribution is 9.10. The van der Waals surface area contributed by atoms with E-state index in [1.807, 2.05) is 0 Å². The Labute approximate surface area is 137 Å². The second-order valence-corrected chi connectivity index (χ2v) is 7.29. The maximum atomic E-state index is 12.2. The number of aromatic hydroxyl groups is 2. The molecule has 0 saturated heterocycles. The highest BCUT2D eigenvalue weighted by Gasteiger charge is 2.64. The number of carbonyl (C=O) groups excluding carboxylic acids is 1. The lowest BCUT2D eigenvalue weighted by molar-refractivity contribution is -0.123. The number of nitrogens with one attached hydrogen (secondary N) is 1. The lowest BCUT2D eigenvalue weighted by Crippen LogP contribution is -2.22. The van der Waals surface area contributed by atoms with Crippen LogP contribution in [-0.4, -0.2) is 22.3 Å². The number of phenols is 2. The van der Waals surface area contributed by atoms with Crippen molar-refractivity contribution in [3.8, 4) is 11.5 Å². The first kappa shape index (κ1) is 15.3. The molecule has 2 saturated carbocycles. The van der Waals surface area contributed by atoms with E-state index in [9.17, 15) is 15.0 Å². The predicted octanol–water partition coefficient (Wildman–Crippen LogP) is 3.14. The van der Waals surface area contributed by atoms with Crippen molar-refractivity contribution >= 4 is 28.1 Å². The first-order valence-electron chi connectivity index (χ1n) is 7.48. The molecule has 0 spiro atoms. The van der Waals surface area contributed by atoms with Crippen LogP contribution in [-0.2, 0) is 4.79 Å². The average Bonchev–Trinajstić information content (AvgIpc) is 3.10. The van der Waals surface area contributed by atoms with Crippen LogP contribution >= 0.6 is 15.9 Å². The van der Waals surface area contributed by atoms with Gasteiger partial charge in [-0.25, -0.2) is 5.43 Å². The minimum atomic E-state index is -0.0919. The van der Waals surface area contributed by atoms with Crippen LogP contribution in [0.15, 0.2) is 21.7 Å². The van der Waals surface area contributed by atoms with Gasteiger partial charge >= 0.3 is 0 Å². The van der Waals surface area contributed by atoms with Gasteiger partial charge in [0.15, 0.2) is 0 Å². The van der Waals surface area contributed by atoms with E-state index in [2.05, 4.69) is 33.4 Å². The zero-order valence-corrected chi connectivity index (χ0v) is 13.9. The fourth-order valence-electron chi connectivity index (χ4n) is 3.76. The van der Waals surface area contributed by atoms with Crippen LogP contribution in [0, 0.1) is 17.3 Å². The zero-order valence-electron chi connectivity index (χ0n) is 12.3. The van der Waals surface area contributed by atoms with E-state index < -0.39 is 0 Å². The van der Waals surface area contributed by atoms with E-state index in [1.165, 1.54) is 25.1 Å². The fraction of sp³-hybridized carbons (Fsp3) is 0.500. The SMILES string of the molecule is C[C@@]12CCCC[C@@H]1[C@H]2C(=O)N/N=C/c1cc(Br)c(O)cc1O. The summed E-state index contributed by atoms with van der Waals surface area (Å²) in [5.74, 6) is 0.377. The molecule has 0 unspecified atom stereocenters. The number of carbonyl (C=O) groups is 1. The molecule has 2 aliphatic rings. The molecule has 6 heteroatoms. The quantitative estimate of drug-likeness (QED) is 0.567. The van der Waals surface area contributed by atoms with E-state index in [0.29, 0.717) is 16.0 Å². The van der Waals surface area contributed by atoms with E-state index in [0.717, 1.165) is 12.8 Å². The summed E-state index contributed by atoms with van der Waals surface area (Å²) in [6.45, 7) is 2.19. The summed E-state index contributed by atoms with van der Waals surface area (Å²) >= 11 is 3.17. The monoisotopic (exact) mass is 366 g/mol. The van der Waals surface area contributed by atoms with Crippen molar-refractivity contribution in [2.75, 3.05) is 0 Å². The zero-order chi connectivity index (χ0) is 15.9. The smallest absolute Gasteiger partial charge is 0.244 e. The minimum Gasteiger partial charge on any atom is -0.507 e. The molecule has 1 aromatic carbocycles. The normalized spacial score (nSPS) is 30.1. The fourth-order valence-corrected chi connectivity index (χ4v) is 4.12. The van der Waals surface area contributed by atoms with Gasteiger partial charge in [-0.1, -0.05) is 19.8 Å². The Bertz CT molecular complexity index is 647. The number of amides is 1. The Morgan fingerprint density at radius 2 is 2.18 bits per heavy atom. The van der Waals surface area contributed by atoms with Crippen LogP contribution in [0.2, 0.25) is 0 Å². The van der Waals surface area contributed by atoms with Gasteiger partial charge in [-0.3, -0.25) is 4.79 Å². The summed E-state index contributed by atoms with van der Waals surface area (Å²) in [4.78, 5) is 12.2. The summed E-state index contributed by atoms with van der Waals surface area (Å²) in [6.07, 6.45) is 6.04. The topological polar surface area (TPSA) is 81.9 Å². The second-order valence-electron chi connectivity index (χ2n) is 6.43. The molecule has 3 rings (SSSR count). The summed E-state index contributed by atoms with van der Waals surface area (Å²) < 4.78 is 0.457. The maximum absolute atomic E-state index is 12.2. The molecule has 1 aromatic rings. The Hall–Kier alpha value is -1.56. The van der Waals surface area contributed by atoms with Crippen LogP contribution < -0.4 is 5.43 Å². The summed E-state index contributed by atoms with van der Waals surface area (Å²) in [5, 5.41) is 23.1. The van der Waals surface area contributed by atoms with Crippen molar-refractivity contribution in [3.63, 3.8) is 0 Å². The van der Waals surface area contributed by atoms with Gasteiger partial charge in [-0.15, -0.1) is 0 Å². The molecule has 0 bridgehead atoms. The van der Waals surface area contributed by atoms with Gasteiger partial charge in [0.2, 0.25) is 5.91 Å². The summed E-state index contributed by atoms with van der Waals surface area (Å²) in [6, 6.07) is 2.77. The van der Waals surface area contributed by atoms with Crippen LogP contribution in [0.5, 0.6) is 11.5 Å². The number of hydrazone groups is 1. The molecule has 1 amide bonds. The van der Waals surface area contributed by atoms with Crippen molar-refractivity contribution < 1.29 is 15.0 Å². The van der Waals surface area contributed by atoms with Crippen molar-refractivity contribution in [1.29, 1.82) is 0 Å². The molecular weight excluding hydrogens is 348 g/mol. The standard InChI is InChI=1S/C16H19BrN2O3/c1-16-5-3-2-4-10(16)14(16)15(22)19-18-8-9-6-11(17)13(21)7-12(9)20/h6-8,10,14,20-21H,2-5H2,1H3,(H,19,22)/b18-8+/t10-,14+,16-/m1/s1. The van der Waals surface area contributed by atoms with Gasteiger partial charge in [0.1, 0.15) is 11.5 Å². The number of hydrogen-bond donors (Lipinski definition) is 3. The first-order valence-corrected chi connectivity index (χ1v) is 8.27. The third kappa shape index (κ3) is 2.60. The van der Waals surface area contributed by atoms with E-state index in [1.54, 1.807) is 6.07 Å². The largest absolute Gasteiger partial charge is 0.507 e. The Kier molecular flexibility index (Phi) is 3.89. The van der Waals surface area contributed by atoms with Crippen LogP contribution in [0.25, 0.3) is 0 Å². The van der Waals surface area contributed by atoms with Gasteiger partial charge in [0.25, 0.3) is 0 Å². The third-order valence-corrected chi connectivity index (χ3v) is 5.72. The number of halogens is 1. The van der Waals surface area contributed by atoms with E-state index in [4.69, 9.17) is 0 Å². The number of hydrogen-bond acceptors (Lipinski definition) is 4. The van der Waals surface area contributed by atoms with Crippen molar-refractivity contribution in [2.24, 2.45) is 22.4 Å². The molecule has 0 aliphatic heterocycles. The Morgan fingerprint density at radius 1 is 1.41 bits per heavy atom. The Morgan fingerprint density at radius 3 is 2.86 bits per heavy atom. The molecule has 0 aromatic heterocycles. The number of phenolic OH excluding ortho intramolecular Hbond substituents is 2. The number of fused-ring (bicyclic) bond motifs is 1. The molecule has 22 heavy (non-hydrogen) atoms. The number of rotatable bonds is 3. The van der Waals surface area contributed by atoms with Gasteiger partial charge in [-0.05, 0) is 46.2 Å². The van der Waals surface area contributed by atoms with E-state index in [-0.39, 0.29) is 28.7 Å². The van der Waals surface area contributed by atoms with Crippen molar-refractivity contribution in [1.82, 2.24) is 5.43 Å². The molecule has 0 heterocycles. The lowest BCUT2D eigenvalue weighted by Gasteiger charge is -2.15. The first-order chi connectivity index (χ1) is 10.4. The van der Waals surface area contributed by atoms with Crippen molar-refractivity contribution in [2.45, 2.75) is 32.6 Å². The number of nitrogens with zero attached hydrogens (tertiary/aromatic N) is 1. The summed E-state index contributed by atoms with van der Waals surface area (Å²) in [7, 11) is 0. The molecule has 118 valence electrons. The predicted molar refractivity (Wildman–Crippen MR) is 86.8 cm³/mol. The highest BCUT2D eigenvalue weighted by atomic mass is 79.9. The van der Waals surface area contributed by atoms with Crippen molar-refractivity contribution in [3.05, 3.63) is 22.2 Å². The molecule has 3 atom stereocenters. The van der Waals surface area contributed by atoms with Crippen LogP contribution in [0.3, 0.4) is 0 Å². The second kappa shape index (κ2) is 5.57. The molecule has 2 aliphatic carbocycles. The number of benzene rings is 1. The minimum absolute atomic E-state index is 0.0389. The van der Waals surface area contributed by atoms with Crippen LogP contribution in [0.1, 0.15) is 38.2 Å². The Balaban J connectivity index is 1.63. The molecule has 3 N–H and O–H groups in total. The highest BCUT2D eigenvalue weighted by Crippen LogP contribution is 2.66. The lowest BCUT2D eigenvalue weighted by atomic mass is 9.90. The van der Waals surface area contributed by atoms with E-state index >= 15 is 0 Å². The summed E-state index contributed by atoms with van der Waals surface area (Å²) in [5.41, 5.74) is 3.15. The van der Waals surface area contributed by atoms with Gasteiger partial charge < -0.3 is 10.2 Å². The average molecular weight is 367 g/mol. The van der Waals surface area contributed by atoms with Gasteiger partial charge in [0, 0.05) is 17.5 Å². The molecular formula is C16H19BrN2O3. The van der Waals surface area contributed by atoms with Crippen LogP contribution in [0.4, 0.5) is 0 Å². The molecule has 5 nitrogen and oxygen atoms in total.